The summed E-state index contributed by atoms with van der Waals surface area (Å²) < 4.78 is 0. The molecule has 1 aliphatic heterocycles. The molecule has 2 rings (SSSR count). The zero-order valence-electron chi connectivity index (χ0n) is 8.70. The highest BCUT2D eigenvalue weighted by atomic mass is 35.5. The van der Waals surface area contributed by atoms with Gasteiger partial charge in [0.15, 0.2) is 0 Å². The molecule has 0 spiro atoms. The second-order valence-electron chi connectivity index (χ2n) is 3.89. The van der Waals surface area contributed by atoms with Crippen molar-refractivity contribution in [1.29, 1.82) is 0 Å². The van der Waals surface area contributed by atoms with Crippen LogP contribution in [0.15, 0.2) is 11.4 Å². The van der Waals surface area contributed by atoms with Gasteiger partial charge >= 0.3 is 0 Å². The van der Waals surface area contributed by atoms with Gasteiger partial charge in [-0.3, -0.25) is 4.79 Å². The van der Waals surface area contributed by atoms with Gasteiger partial charge in [0, 0.05) is 28.7 Å². The number of halogens is 1. The highest BCUT2D eigenvalue weighted by molar-refractivity contribution is 7.10. The summed E-state index contributed by atoms with van der Waals surface area (Å²) in [5, 5.41) is 1.93. The molecule has 1 unspecified atom stereocenters. The van der Waals surface area contributed by atoms with Crippen molar-refractivity contribution in [3.8, 4) is 0 Å². The summed E-state index contributed by atoms with van der Waals surface area (Å²) in [5.41, 5.74) is 0.814. The van der Waals surface area contributed by atoms with Gasteiger partial charge in [0.1, 0.15) is 0 Å². The van der Waals surface area contributed by atoms with Gasteiger partial charge in [-0.2, -0.15) is 0 Å². The number of nitrogens with zero attached hydrogens (tertiary/aromatic N) is 1. The van der Waals surface area contributed by atoms with Crippen LogP contribution in [0.1, 0.15) is 28.1 Å². The fourth-order valence-electron chi connectivity index (χ4n) is 1.98. The molecule has 0 aliphatic carbocycles. The van der Waals surface area contributed by atoms with Crippen LogP contribution in [-0.4, -0.2) is 29.3 Å². The molecule has 1 aliphatic rings. The molecule has 1 aromatic heterocycles. The Kier molecular flexibility index (Phi) is 3.32. The molecule has 0 saturated carbocycles. The molecule has 0 N–H and O–H groups in total. The number of alkyl halides is 1. The quantitative estimate of drug-likeness (QED) is 0.732. The maximum absolute atomic E-state index is 12.1. The number of hydrogen-bond donors (Lipinski definition) is 0. The summed E-state index contributed by atoms with van der Waals surface area (Å²) in [7, 11) is 0. The van der Waals surface area contributed by atoms with Crippen LogP contribution in [0.25, 0.3) is 0 Å². The average Bonchev–Trinajstić information content (AvgIpc) is 2.84. The van der Waals surface area contributed by atoms with Gasteiger partial charge in [0.2, 0.25) is 0 Å². The van der Waals surface area contributed by atoms with Crippen molar-refractivity contribution in [2.45, 2.75) is 25.8 Å². The van der Waals surface area contributed by atoms with Gasteiger partial charge in [-0.15, -0.1) is 22.9 Å². The van der Waals surface area contributed by atoms with Crippen molar-refractivity contribution in [2.24, 2.45) is 0 Å². The molecule has 0 aromatic carbocycles. The van der Waals surface area contributed by atoms with E-state index in [1.165, 1.54) is 4.88 Å². The van der Waals surface area contributed by atoms with E-state index in [-0.39, 0.29) is 11.9 Å². The third kappa shape index (κ3) is 2.18. The van der Waals surface area contributed by atoms with Crippen LogP contribution >= 0.6 is 22.9 Å². The van der Waals surface area contributed by atoms with Crippen molar-refractivity contribution in [3.63, 3.8) is 0 Å². The van der Waals surface area contributed by atoms with Gasteiger partial charge in [-0.25, -0.2) is 0 Å². The fraction of sp³-hybridized carbons (Fsp3) is 0.545. The highest BCUT2D eigenvalue weighted by Crippen LogP contribution is 2.23. The number of likely N-dealkylation sites (tertiary alicyclic amines) is 1. The Morgan fingerprint density at radius 3 is 3.13 bits per heavy atom. The van der Waals surface area contributed by atoms with Crippen molar-refractivity contribution in [1.82, 2.24) is 4.90 Å². The molecule has 1 saturated heterocycles. The van der Waals surface area contributed by atoms with Crippen molar-refractivity contribution in [2.75, 3.05) is 12.4 Å². The largest absolute Gasteiger partial charge is 0.334 e. The molecule has 1 atom stereocenters. The summed E-state index contributed by atoms with van der Waals surface area (Å²) in [4.78, 5) is 15.2. The number of amides is 1. The van der Waals surface area contributed by atoms with Crippen LogP contribution in [0.4, 0.5) is 0 Å². The lowest BCUT2D eigenvalue weighted by Gasteiger charge is -2.22. The molecule has 82 valence electrons. The van der Waals surface area contributed by atoms with Gasteiger partial charge in [0.25, 0.3) is 5.91 Å². The second-order valence-corrected chi connectivity index (χ2v) is 5.32. The summed E-state index contributed by atoms with van der Waals surface area (Å²) in [6, 6.07) is 2.19. The zero-order chi connectivity index (χ0) is 10.8. The summed E-state index contributed by atoms with van der Waals surface area (Å²) in [6.45, 7) is 2.87. The van der Waals surface area contributed by atoms with E-state index in [0.29, 0.717) is 5.88 Å². The first kappa shape index (κ1) is 11.0. The highest BCUT2D eigenvalue weighted by Gasteiger charge is 2.28. The molecule has 4 heteroatoms. The van der Waals surface area contributed by atoms with Crippen LogP contribution in [-0.2, 0) is 0 Å². The minimum atomic E-state index is 0.141. The zero-order valence-corrected chi connectivity index (χ0v) is 10.3. The molecular formula is C11H14ClNOS. The van der Waals surface area contributed by atoms with Crippen LogP contribution in [0.2, 0.25) is 0 Å². The van der Waals surface area contributed by atoms with E-state index in [9.17, 15) is 4.79 Å². The first-order chi connectivity index (χ1) is 7.22. The summed E-state index contributed by atoms with van der Waals surface area (Å²) >= 11 is 7.47. The van der Waals surface area contributed by atoms with Gasteiger partial charge < -0.3 is 4.90 Å². The van der Waals surface area contributed by atoms with E-state index in [1.54, 1.807) is 11.3 Å². The Morgan fingerprint density at radius 1 is 1.73 bits per heavy atom. The molecule has 1 fully saturated rings. The monoisotopic (exact) mass is 243 g/mol. The Hall–Kier alpha value is -0.540. The predicted molar refractivity (Wildman–Crippen MR) is 63.8 cm³/mol. The minimum Gasteiger partial charge on any atom is -0.334 e. The molecule has 2 heterocycles. The second kappa shape index (κ2) is 4.54. The predicted octanol–water partition coefficient (Wildman–Crippen LogP) is 2.90. The Labute approximate surface area is 98.8 Å². The van der Waals surface area contributed by atoms with Gasteiger partial charge in [-0.1, -0.05) is 0 Å². The number of hydrogen-bond acceptors (Lipinski definition) is 2. The summed E-state index contributed by atoms with van der Waals surface area (Å²) in [6.07, 6.45) is 2.12. The molecular weight excluding hydrogens is 230 g/mol. The SMILES string of the molecule is Cc1cc(C(=O)N2CCCC2CCl)cs1. The first-order valence-electron chi connectivity index (χ1n) is 5.14. The normalized spacial score (nSPS) is 20.9. The van der Waals surface area contributed by atoms with Crippen LogP contribution in [0, 0.1) is 6.92 Å². The van der Waals surface area contributed by atoms with E-state index in [4.69, 9.17) is 11.6 Å². The minimum absolute atomic E-state index is 0.141. The topological polar surface area (TPSA) is 20.3 Å². The lowest BCUT2D eigenvalue weighted by molar-refractivity contribution is 0.0749. The molecule has 2 nitrogen and oxygen atoms in total. The van der Waals surface area contributed by atoms with E-state index in [2.05, 4.69) is 0 Å². The Bertz CT molecular complexity index is 363. The number of carbonyl (C=O) groups excluding carboxylic acids is 1. The number of thiophene rings is 1. The van der Waals surface area contributed by atoms with E-state index >= 15 is 0 Å². The first-order valence-corrected chi connectivity index (χ1v) is 6.56. The third-order valence-corrected chi connectivity index (χ3v) is 4.01. The molecule has 0 bridgehead atoms. The van der Waals surface area contributed by atoms with Crippen molar-refractivity contribution >= 4 is 28.8 Å². The smallest absolute Gasteiger partial charge is 0.254 e. The maximum Gasteiger partial charge on any atom is 0.254 e. The standard InChI is InChI=1S/C11H14ClNOS/c1-8-5-9(7-15-8)11(14)13-4-2-3-10(13)6-12/h5,7,10H,2-4,6H2,1H3. The lowest BCUT2D eigenvalue weighted by atomic mass is 10.2. The van der Waals surface area contributed by atoms with E-state index in [0.717, 1.165) is 24.9 Å². The fourth-order valence-corrected chi connectivity index (χ4v) is 2.98. The maximum atomic E-state index is 12.1. The van der Waals surface area contributed by atoms with Crippen LogP contribution in [0.3, 0.4) is 0 Å². The van der Waals surface area contributed by atoms with E-state index in [1.807, 2.05) is 23.3 Å². The number of aryl methyl sites for hydroxylation is 1. The lowest BCUT2D eigenvalue weighted by Crippen LogP contribution is -2.36. The number of carbonyl (C=O) groups is 1. The average molecular weight is 244 g/mol. The van der Waals surface area contributed by atoms with E-state index < -0.39 is 0 Å². The molecule has 0 radical (unpaired) electrons. The van der Waals surface area contributed by atoms with Crippen LogP contribution < -0.4 is 0 Å². The Balaban J connectivity index is 2.13. The molecule has 15 heavy (non-hydrogen) atoms. The van der Waals surface area contributed by atoms with Crippen molar-refractivity contribution in [3.05, 3.63) is 21.9 Å². The van der Waals surface area contributed by atoms with Crippen LogP contribution in [0.5, 0.6) is 0 Å². The van der Waals surface area contributed by atoms with Crippen molar-refractivity contribution < 1.29 is 4.79 Å². The third-order valence-electron chi connectivity index (χ3n) is 2.79. The Morgan fingerprint density at radius 2 is 2.53 bits per heavy atom. The molecule has 1 amide bonds. The van der Waals surface area contributed by atoms with Gasteiger partial charge in [0.05, 0.1) is 5.56 Å². The summed E-state index contributed by atoms with van der Waals surface area (Å²) in [5.74, 6) is 0.692. The number of rotatable bonds is 2. The van der Waals surface area contributed by atoms with Gasteiger partial charge in [-0.05, 0) is 25.8 Å². The molecule has 1 aromatic rings.